The molecule has 1 fully saturated rings. The summed E-state index contributed by atoms with van der Waals surface area (Å²) in [5, 5.41) is 3.56. The van der Waals surface area contributed by atoms with Crippen LogP contribution in [-0.4, -0.2) is 62.8 Å². The van der Waals surface area contributed by atoms with Crippen LogP contribution >= 0.6 is 11.3 Å². The first kappa shape index (κ1) is 39.1. The third kappa shape index (κ3) is 12.8. The SMILES string of the molecule is CCCCCCCCCCCCCCCCC(=O)OCN1C(=O)CCc2ccc(OCCCCN3CCN(c4cccc5sccc45)CC3)cc21. The number of ether oxygens (including phenoxy) is 2. The summed E-state index contributed by atoms with van der Waals surface area (Å²) >= 11 is 1.81. The molecule has 3 heterocycles. The van der Waals surface area contributed by atoms with Gasteiger partial charge < -0.3 is 14.4 Å². The molecule has 0 N–H and O–H groups in total. The summed E-state index contributed by atoms with van der Waals surface area (Å²) in [5.41, 5.74) is 3.27. The van der Waals surface area contributed by atoms with Crippen LogP contribution < -0.4 is 14.5 Å². The summed E-state index contributed by atoms with van der Waals surface area (Å²) in [5.74, 6) is 0.539. The minimum atomic E-state index is -0.220. The molecule has 0 bridgehead atoms. The molecule has 7 nitrogen and oxygen atoms in total. The van der Waals surface area contributed by atoms with Crippen molar-refractivity contribution in [2.24, 2.45) is 0 Å². The van der Waals surface area contributed by atoms with E-state index in [0.717, 1.165) is 75.4 Å². The van der Waals surface area contributed by atoms with E-state index in [1.807, 2.05) is 23.5 Å². The van der Waals surface area contributed by atoms with Crippen LogP contribution in [0.2, 0.25) is 0 Å². The Kier molecular flexibility index (Phi) is 16.9. The summed E-state index contributed by atoms with van der Waals surface area (Å²) in [6.07, 6.45) is 21.6. The lowest BCUT2D eigenvalue weighted by atomic mass is 10.0. The van der Waals surface area contributed by atoms with Crippen molar-refractivity contribution in [3.8, 4) is 5.75 Å². The Morgan fingerprint density at radius 3 is 2.18 bits per heavy atom. The summed E-state index contributed by atoms with van der Waals surface area (Å²) in [4.78, 5) is 32.1. The van der Waals surface area contributed by atoms with Gasteiger partial charge in [0.25, 0.3) is 0 Å². The van der Waals surface area contributed by atoms with Crippen molar-refractivity contribution in [1.82, 2.24) is 4.90 Å². The highest BCUT2D eigenvalue weighted by atomic mass is 32.1. The van der Waals surface area contributed by atoms with Crippen LogP contribution in [0.4, 0.5) is 11.4 Å². The van der Waals surface area contributed by atoms with E-state index in [9.17, 15) is 9.59 Å². The number of esters is 1. The standard InChI is InChI=1S/C43H63N3O4S/c1-2-3-4-5-6-7-8-9-10-11-12-13-14-15-21-43(48)50-35-46-40-34-37(24-22-36(40)23-25-42(46)47)49-32-17-16-27-44-28-30-45(31-29-44)39-19-18-20-41-38(39)26-33-51-41/h18-20,22,24,26,33-34H,2-17,21,23,25,27-32,35H2,1H3. The van der Waals surface area contributed by atoms with Gasteiger partial charge in [-0.2, -0.15) is 0 Å². The van der Waals surface area contributed by atoms with E-state index in [1.165, 1.54) is 92.8 Å². The molecule has 2 aliphatic heterocycles. The van der Waals surface area contributed by atoms with E-state index >= 15 is 0 Å². The first-order chi connectivity index (χ1) is 25.1. The molecule has 1 aromatic heterocycles. The fourth-order valence-electron chi connectivity index (χ4n) is 7.51. The van der Waals surface area contributed by atoms with Crippen LogP contribution in [0.15, 0.2) is 47.8 Å². The smallest absolute Gasteiger partial charge is 0.307 e. The number of unbranched alkanes of at least 4 members (excludes halogenated alkanes) is 14. The molecule has 0 radical (unpaired) electrons. The second kappa shape index (κ2) is 22.1. The van der Waals surface area contributed by atoms with Crippen LogP contribution in [0, 0.1) is 0 Å². The Bertz CT molecular complexity index is 1470. The Morgan fingerprint density at radius 2 is 1.45 bits per heavy atom. The lowest BCUT2D eigenvalue weighted by Gasteiger charge is -2.36. The van der Waals surface area contributed by atoms with Gasteiger partial charge in [0.05, 0.1) is 12.3 Å². The van der Waals surface area contributed by atoms with E-state index in [1.54, 1.807) is 4.90 Å². The van der Waals surface area contributed by atoms with Crippen molar-refractivity contribution in [2.45, 2.75) is 129 Å². The fraction of sp³-hybridized carbons (Fsp3) is 0.628. The normalized spacial score (nSPS) is 15.0. The monoisotopic (exact) mass is 717 g/mol. The molecule has 0 atom stereocenters. The summed E-state index contributed by atoms with van der Waals surface area (Å²) in [7, 11) is 0. The van der Waals surface area contributed by atoms with E-state index in [4.69, 9.17) is 9.47 Å². The van der Waals surface area contributed by atoms with E-state index in [-0.39, 0.29) is 18.6 Å². The molecular formula is C43H63N3O4S. The largest absolute Gasteiger partial charge is 0.494 e. The molecule has 2 aliphatic rings. The first-order valence-electron chi connectivity index (χ1n) is 20.3. The van der Waals surface area contributed by atoms with E-state index in [2.05, 4.69) is 52.4 Å². The molecule has 5 rings (SSSR count). The molecule has 1 amide bonds. The number of carbonyl (C=O) groups is 2. The number of amides is 1. The van der Waals surface area contributed by atoms with Gasteiger partial charge in [0.2, 0.25) is 5.91 Å². The number of hydrogen-bond donors (Lipinski definition) is 0. The number of carbonyl (C=O) groups excluding carboxylic acids is 2. The molecule has 3 aromatic rings. The highest BCUT2D eigenvalue weighted by Gasteiger charge is 2.26. The molecule has 0 spiro atoms. The number of rotatable bonds is 24. The number of benzene rings is 2. The van der Waals surface area contributed by atoms with Crippen molar-refractivity contribution in [2.75, 3.05) is 55.9 Å². The Hall–Kier alpha value is -3.10. The van der Waals surface area contributed by atoms with Crippen molar-refractivity contribution >= 4 is 44.7 Å². The molecule has 0 aliphatic carbocycles. The second-order valence-corrected chi connectivity index (χ2v) is 15.5. The number of thiophene rings is 1. The van der Waals surface area contributed by atoms with E-state index < -0.39 is 0 Å². The number of fused-ring (bicyclic) bond motifs is 2. The Morgan fingerprint density at radius 1 is 0.745 bits per heavy atom. The number of nitrogens with zero attached hydrogens (tertiary/aromatic N) is 3. The zero-order valence-corrected chi connectivity index (χ0v) is 32.2. The predicted octanol–water partition coefficient (Wildman–Crippen LogP) is 10.5. The van der Waals surface area contributed by atoms with Crippen LogP contribution in [0.5, 0.6) is 5.75 Å². The number of piperazine rings is 1. The van der Waals surface area contributed by atoms with Gasteiger partial charge in [-0.05, 0) is 67.4 Å². The molecule has 280 valence electrons. The van der Waals surface area contributed by atoms with Gasteiger partial charge in [-0.15, -0.1) is 11.3 Å². The van der Waals surface area contributed by atoms with Gasteiger partial charge in [-0.3, -0.25) is 19.4 Å². The average Bonchev–Trinajstić information content (AvgIpc) is 3.64. The maximum absolute atomic E-state index is 12.9. The number of anilines is 2. The van der Waals surface area contributed by atoms with Crippen molar-refractivity contribution in [1.29, 1.82) is 0 Å². The van der Waals surface area contributed by atoms with Crippen LogP contribution in [0.1, 0.15) is 128 Å². The lowest BCUT2D eigenvalue weighted by molar-refractivity contribution is -0.144. The molecule has 1 saturated heterocycles. The summed E-state index contributed by atoms with van der Waals surface area (Å²) in [6, 6.07) is 14.9. The minimum absolute atomic E-state index is 0.00366. The highest BCUT2D eigenvalue weighted by Crippen LogP contribution is 2.33. The third-order valence-corrected chi connectivity index (χ3v) is 11.6. The van der Waals surface area contributed by atoms with Crippen molar-refractivity contribution < 1.29 is 19.1 Å². The highest BCUT2D eigenvalue weighted by molar-refractivity contribution is 7.17. The minimum Gasteiger partial charge on any atom is -0.494 e. The zero-order valence-electron chi connectivity index (χ0n) is 31.4. The predicted molar refractivity (Wildman–Crippen MR) is 213 cm³/mol. The first-order valence-corrected chi connectivity index (χ1v) is 21.2. The molecule has 51 heavy (non-hydrogen) atoms. The Labute approximate surface area is 311 Å². The van der Waals surface area contributed by atoms with Gasteiger partial charge >= 0.3 is 5.97 Å². The fourth-order valence-corrected chi connectivity index (χ4v) is 8.32. The number of hydrogen-bond acceptors (Lipinski definition) is 7. The van der Waals surface area contributed by atoms with Gasteiger partial charge in [0.1, 0.15) is 5.75 Å². The molecule has 0 unspecified atom stereocenters. The van der Waals surface area contributed by atoms with Crippen molar-refractivity contribution in [3.63, 3.8) is 0 Å². The van der Waals surface area contributed by atoms with Gasteiger partial charge in [0.15, 0.2) is 6.73 Å². The number of aryl methyl sites for hydroxylation is 1. The molecular weight excluding hydrogens is 655 g/mol. The quantitative estimate of drug-likeness (QED) is 0.0679. The van der Waals surface area contributed by atoms with Crippen LogP contribution in [-0.2, 0) is 20.7 Å². The topological polar surface area (TPSA) is 62.3 Å². The van der Waals surface area contributed by atoms with Crippen LogP contribution in [0.3, 0.4) is 0 Å². The third-order valence-electron chi connectivity index (χ3n) is 10.7. The molecule has 0 saturated carbocycles. The van der Waals surface area contributed by atoms with Crippen LogP contribution in [0.25, 0.3) is 10.1 Å². The van der Waals surface area contributed by atoms with Crippen molar-refractivity contribution in [3.05, 3.63) is 53.4 Å². The average molecular weight is 718 g/mol. The molecule has 2 aromatic carbocycles. The molecule has 8 heteroatoms. The maximum Gasteiger partial charge on any atom is 0.307 e. The van der Waals surface area contributed by atoms with Gasteiger partial charge in [0, 0.05) is 60.9 Å². The van der Waals surface area contributed by atoms with E-state index in [0.29, 0.717) is 25.9 Å². The van der Waals surface area contributed by atoms with Gasteiger partial charge in [-0.1, -0.05) is 103 Å². The Balaban J connectivity index is 0.918. The summed E-state index contributed by atoms with van der Waals surface area (Å²) in [6.45, 7) is 8.25. The second-order valence-electron chi connectivity index (χ2n) is 14.6. The maximum atomic E-state index is 12.9. The lowest BCUT2D eigenvalue weighted by Crippen LogP contribution is -2.46. The van der Waals surface area contributed by atoms with Gasteiger partial charge in [-0.25, -0.2) is 0 Å². The summed E-state index contributed by atoms with van der Waals surface area (Å²) < 4.78 is 13.1. The zero-order chi connectivity index (χ0) is 35.5.